The van der Waals surface area contributed by atoms with Gasteiger partial charge in [0.2, 0.25) is 0 Å². The monoisotopic (exact) mass is 372 g/mol. The predicted molar refractivity (Wildman–Crippen MR) is 108 cm³/mol. The number of ether oxygens (including phenoxy) is 1. The molecule has 27 heavy (non-hydrogen) atoms. The van der Waals surface area contributed by atoms with Gasteiger partial charge in [0, 0.05) is 49.7 Å². The van der Waals surface area contributed by atoms with Crippen LogP contribution in [0.25, 0.3) is 0 Å². The Balaban J connectivity index is 1.60. The fourth-order valence-corrected chi connectivity index (χ4v) is 4.39. The summed E-state index contributed by atoms with van der Waals surface area (Å²) in [6, 6.07) is 8.11. The zero-order valence-electron chi connectivity index (χ0n) is 16.8. The molecule has 0 radical (unpaired) electrons. The van der Waals surface area contributed by atoms with Gasteiger partial charge in [-0.05, 0) is 37.5 Å². The van der Waals surface area contributed by atoms with Gasteiger partial charge in [0.05, 0.1) is 6.10 Å². The summed E-state index contributed by atoms with van der Waals surface area (Å²) in [7, 11) is 1.65. The number of benzene rings is 1. The first kappa shape index (κ1) is 19.7. The van der Waals surface area contributed by atoms with Gasteiger partial charge in [0.15, 0.2) is 5.96 Å². The van der Waals surface area contributed by atoms with Crippen LogP contribution in [0, 0.1) is 11.3 Å². The molecule has 1 saturated carbocycles. The van der Waals surface area contributed by atoms with Gasteiger partial charge in [0.25, 0.3) is 5.91 Å². The molecule has 1 aromatic carbocycles. The summed E-state index contributed by atoms with van der Waals surface area (Å²) in [5, 5.41) is 9.66. The number of guanidine groups is 1. The van der Waals surface area contributed by atoms with Crippen molar-refractivity contribution in [2.75, 3.05) is 26.7 Å². The minimum atomic E-state index is -0.0593. The van der Waals surface area contributed by atoms with Crippen LogP contribution in [0.2, 0.25) is 0 Å². The third-order valence-corrected chi connectivity index (χ3v) is 5.82. The molecule has 1 heterocycles. The molecular weight excluding hydrogens is 340 g/mol. The number of aliphatic imine (C=N–C) groups is 1. The van der Waals surface area contributed by atoms with E-state index in [4.69, 9.17) is 9.73 Å². The summed E-state index contributed by atoms with van der Waals surface area (Å²) >= 11 is 0. The van der Waals surface area contributed by atoms with E-state index in [1.807, 2.05) is 24.3 Å². The highest BCUT2D eigenvalue weighted by molar-refractivity contribution is 5.94. The molecular formula is C21H32N4O2. The van der Waals surface area contributed by atoms with Crippen molar-refractivity contribution in [3.8, 4) is 0 Å². The van der Waals surface area contributed by atoms with Crippen LogP contribution in [0.1, 0.15) is 43.1 Å². The Kier molecular flexibility index (Phi) is 6.05. The highest BCUT2D eigenvalue weighted by Crippen LogP contribution is 2.52. The van der Waals surface area contributed by atoms with Gasteiger partial charge < -0.3 is 20.7 Å². The largest absolute Gasteiger partial charge is 0.377 e. The summed E-state index contributed by atoms with van der Waals surface area (Å²) < 4.78 is 5.88. The third kappa shape index (κ3) is 4.10. The number of carbonyl (C=O) groups excluding carboxylic acids is 1. The van der Waals surface area contributed by atoms with E-state index in [9.17, 15) is 4.79 Å². The van der Waals surface area contributed by atoms with Gasteiger partial charge in [-0.3, -0.25) is 9.79 Å². The fourth-order valence-electron chi connectivity index (χ4n) is 4.39. The number of hydrogen-bond acceptors (Lipinski definition) is 3. The lowest BCUT2D eigenvalue weighted by molar-refractivity contribution is -0.106. The lowest BCUT2D eigenvalue weighted by atomic mass is 9.57. The van der Waals surface area contributed by atoms with Gasteiger partial charge in [-0.15, -0.1) is 0 Å². The summed E-state index contributed by atoms with van der Waals surface area (Å²) in [6.45, 7) is 8.99. The highest BCUT2D eigenvalue weighted by atomic mass is 16.5. The number of hydrogen-bond donors (Lipinski definition) is 3. The maximum Gasteiger partial charge on any atom is 0.251 e. The number of rotatable bonds is 6. The number of nitrogens with zero attached hydrogens (tertiary/aromatic N) is 1. The predicted octanol–water partition coefficient (Wildman–Crippen LogP) is 1.96. The van der Waals surface area contributed by atoms with E-state index in [1.54, 1.807) is 7.05 Å². The maximum absolute atomic E-state index is 11.8. The molecule has 2 fully saturated rings. The first-order valence-corrected chi connectivity index (χ1v) is 9.94. The second kappa shape index (κ2) is 8.30. The van der Waals surface area contributed by atoms with Gasteiger partial charge in [-0.2, -0.15) is 0 Å². The molecule has 3 atom stereocenters. The molecule has 6 nitrogen and oxygen atoms in total. The Hall–Kier alpha value is -2.08. The zero-order chi connectivity index (χ0) is 19.4. The Morgan fingerprint density at radius 3 is 2.93 bits per heavy atom. The minimum absolute atomic E-state index is 0.0593. The van der Waals surface area contributed by atoms with E-state index >= 15 is 0 Å². The molecule has 0 aromatic heterocycles. The van der Waals surface area contributed by atoms with Crippen molar-refractivity contribution in [1.82, 2.24) is 16.0 Å². The van der Waals surface area contributed by atoms with E-state index in [1.165, 1.54) is 0 Å². The second-order valence-corrected chi connectivity index (χ2v) is 7.98. The van der Waals surface area contributed by atoms with Gasteiger partial charge in [0.1, 0.15) is 0 Å². The van der Waals surface area contributed by atoms with Crippen LogP contribution in [0.15, 0.2) is 29.3 Å². The normalized spacial score (nSPS) is 26.1. The lowest BCUT2D eigenvalue weighted by Gasteiger charge is -2.54. The van der Waals surface area contributed by atoms with Crippen molar-refractivity contribution < 1.29 is 9.53 Å². The molecule has 0 spiro atoms. The molecule has 1 aliphatic heterocycles. The molecule has 6 heteroatoms. The Morgan fingerprint density at radius 2 is 2.19 bits per heavy atom. The number of fused-ring (bicyclic) bond motifs is 1. The van der Waals surface area contributed by atoms with Crippen molar-refractivity contribution in [2.45, 2.75) is 45.8 Å². The zero-order valence-corrected chi connectivity index (χ0v) is 16.8. The first-order valence-electron chi connectivity index (χ1n) is 9.94. The molecule has 1 aliphatic carbocycles. The lowest BCUT2D eigenvalue weighted by Crippen LogP contribution is -2.68. The standard InChI is InChI=1S/C21H32N4O2/c1-5-23-20(25-17-16-10-12-27-18(16)21(17,2)3)24-11-9-14-7-6-8-15(13-14)19(26)22-4/h6-8,13,16-18H,5,9-12H2,1-4H3,(H,22,26)(H2,23,24,25). The summed E-state index contributed by atoms with van der Waals surface area (Å²) in [4.78, 5) is 16.5. The van der Waals surface area contributed by atoms with Crippen molar-refractivity contribution >= 4 is 11.9 Å². The maximum atomic E-state index is 11.8. The van der Waals surface area contributed by atoms with E-state index < -0.39 is 0 Å². The molecule has 1 aromatic rings. The number of carbonyl (C=O) groups is 1. The average molecular weight is 373 g/mol. The van der Waals surface area contributed by atoms with Gasteiger partial charge >= 0.3 is 0 Å². The quantitative estimate of drug-likeness (QED) is 0.527. The Labute approximate surface area is 162 Å². The molecule has 148 valence electrons. The van der Waals surface area contributed by atoms with Crippen molar-refractivity contribution in [1.29, 1.82) is 0 Å². The molecule has 2 aliphatic rings. The molecule has 1 saturated heterocycles. The average Bonchev–Trinajstić information content (AvgIpc) is 3.12. The van der Waals surface area contributed by atoms with E-state index in [2.05, 4.69) is 36.7 Å². The van der Waals surface area contributed by atoms with Crippen LogP contribution in [-0.4, -0.2) is 50.8 Å². The van der Waals surface area contributed by atoms with Crippen molar-refractivity contribution in [3.05, 3.63) is 35.4 Å². The molecule has 3 rings (SSSR count). The molecule has 1 amide bonds. The highest BCUT2D eigenvalue weighted by Gasteiger charge is 2.59. The van der Waals surface area contributed by atoms with Crippen LogP contribution in [0.4, 0.5) is 0 Å². The molecule has 3 N–H and O–H groups in total. The second-order valence-electron chi connectivity index (χ2n) is 7.98. The van der Waals surface area contributed by atoms with Crippen LogP contribution in [0.5, 0.6) is 0 Å². The Morgan fingerprint density at radius 1 is 1.37 bits per heavy atom. The minimum Gasteiger partial charge on any atom is -0.377 e. The SMILES string of the molecule is CCNC(=NCCc1cccc(C(=O)NC)c1)NC1C2CCOC2C1(C)C. The van der Waals surface area contributed by atoms with Crippen LogP contribution < -0.4 is 16.0 Å². The Bertz CT molecular complexity index is 701. The molecule has 0 bridgehead atoms. The summed E-state index contributed by atoms with van der Waals surface area (Å²) in [6.07, 6.45) is 2.28. The summed E-state index contributed by atoms with van der Waals surface area (Å²) in [5.41, 5.74) is 1.93. The third-order valence-electron chi connectivity index (χ3n) is 5.82. The smallest absolute Gasteiger partial charge is 0.251 e. The summed E-state index contributed by atoms with van der Waals surface area (Å²) in [5.74, 6) is 1.38. The van der Waals surface area contributed by atoms with E-state index in [0.29, 0.717) is 30.2 Å². The van der Waals surface area contributed by atoms with Gasteiger partial charge in [-0.25, -0.2) is 0 Å². The topological polar surface area (TPSA) is 74.8 Å². The van der Waals surface area contributed by atoms with Crippen LogP contribution in [0.3, 0.4) is 0 Å². The van der Waals surface area contributed by atoms with Crippen LogP contribution in [-0.2, 0) is 11.2 Å². The fraction of sp³-hybridized carbons (Fsp3) is 0.619. The van der Waals surface area contributed by atoms with Crippen molar-refractivity contribution in [3.63, 3.8) is 0 Å². The first-order chi connectivity index (χ1) is 13.0. The van der Waals surface area contributed by atoms with Gasteiger partial charge in [-0.1, -0.05) is 26.0 Å². The van der Waals surface area contributed by atoms with E-state index in [-0.39, 0.29) is 11.3 Å². The van der Waals surface area contributed by atoms with Crippen LogP contribution >= 0.6 is 0 Å². The van der Waals surface area contributed by atoms with Crippen molar-refractivity contribution in [2.24, 2.45) is 16.3 Å². The number of amides is 1. The van der Waals surface area contributed by atoms with E-state index in [0.717, 1.165) is 37.5 Å². The number of nitrogens with one attached hydrogen (secondary N) is 3. The molecule has 3 unspecified atom stereocenters.